The molecule has 4 rings (SSSR count). The van der Waals surface area contributed by atoms with Gasteiger partial charge in [0, 0.05) is 18.8 Å². The number of amides is 1. The summed E-state index contributed by atoms with van der Waals surface area (Å²) in [7, 11) is -3.50. The SMILES string of the molecule is C[C@H](Oc1cccc2c1CCCC2)C(=O)Nc1ccc(S(=O)(=O)N2CCCCCC2)cc1. The highest BCUT2D eigenvalue weighted by Gasteiger charge is 2.25. The van der Waals surface area contributed by atoms with Crippen LogP contribution in [0.1, 0.15) is 56.6 Å². The molecule has 0 aromatic heterocycles. The van der Waals surface area contributed by atoms with Gasteiger partial charge in [-0.25, -0.2) is 8.42 Å². The first-order valence-corrected chi connectivity index (χ1v) is 13.1. The van der Waals surface area contributed by atoms with E-state index in [1.807, 2.05) is 12.1 Å². The molecule has 0 bridgehead atoms. The zero-order chi connectivity index (χ0) is 22.6. The predicted octanol–water partition coefficient (Wildman–Crippen LogP) is 4.54. The van der Waals surface area contributed by atoms with E-state index in [-0.39, 0.29) is 10.8 Å². The molecule has 1 N–H and O–H groups in total. The van der Waals surface area contributed by atoms with Crippen LogP contribution in [0, 0.1) is 0 Å². The van der Waals surface area contributed by atoms with Crippen molar-refractivity contribution in [1.29, 1.82) is 0 Å². The molecule has 1 saturated heterocycles. The normalized spacial score (nSPS) is 18.3. The second kappa shape index (κ2) is 10.0. The summed E-state index contributed by atoms with van der Waals surface area (Å²) in [4.78, 5) is 13.0. The highest BCUT2D eigenvalue weighted by molar-refractivity contribution is 7.89. The van der Waals surface area contributed by atoms with Gasteiger partial charge in [0.1, 0.15) is 5.75 Å². The standard InChI is InChI=1S/C25H32N2O4S/c1-19(31-24-12-8-10-20-9-4-5-11-23(20)24)25(28)26-21-13-15-22(16-14-21)32(29,30)27-17-6-2-3-7-18-27/h8,10,12-16,19H,2-7,9,11,17-18H2,1H3,(H,26,28)/t19-/m0/s1. The molecule has 2 aromatic rings. The van der Waals surface area contributed by atoms with Gasteiger partial charge >= 0.3 is 0 Å². The number of rotatable bonds is 6. The van der Waals surface area contributed by atoms with Crippen molar-refractivity contribution in [2.45, 2.75) is 69.3 Å². The lowest BCUT2D eigenvalue weighted by Crippen LogP contribution is -2.32. The molecule has 0 unspecified atom stereocenters. The Morgan fingerprint density at radius 2 is 1.62 bits per heavy atom. The van der Waals surface area contributed by atoms with Crippen LogP contribution in [0.2, 0.25) is 0 Å². The van der Waals surface area contributed by atoms with Crippen molar-refractivity contribution in [1.82, 2.24) is 4.31 Å². The van der Waals surface area contributed by atoms with Crippen LogP contribution < -0.4 is 10.1 Å². The van der Waals surface area contributed by atoms with Crippen LogP contribution in [0.3, 0.4) is 0 Å². The predicted molar refractivity (Wildman–Crippen MR) is 125 cm³/mol. The van der Waals surface area contributed by atoms with Gasteiger partial charge in [0.2, 0.25) is 10.0 Å². The molecule has 1 aliphatic heterocycles. The lowest BCUT2D eigenvalue weighted by atomic mass is 9.91. The fourth-order valence-corrected chi connectivity index (χ4v) is 6.00. The van der Waals surface area contributed by atoms with Gasteiger partial charge in [-0.1, -0.05) is 25.0 Å². The lowest BCUT2D eigenvalue weighted by Gasteiger charge is -2.22. The number of carbonyl (C=O) groups is 1. The van der Waals surface area contributed by atoms with Gasteiger partial charge in [-0.15, -0.1) is 0 Å². The Morgan fingerprint density at radius 3 is 2.34 bits per heavy atom. The van der Waals surface area contributed by atoms with Gasteiger partial charge in [-0.2, -0.15) is 4.31 Å². The van der Waals surface area contributed by atoms with Crippen LogP contribution in [-0.4, -0.2) is 37.8 Å². The Bertz CT molecular complexity index is 1040. The Labute approximate surface area is 191 Å². The van der Waals surface area contributed by atoms with Crippen molar-refractivity contribution < 1.29 is 17.9 Å². The molecule has 1 aliphatic carbocycles. The number of benzene rings is 2. The molecule has 172 valence electrons. The topological polar surface area (TPSA) is 75.7 Å². The number of aryl methyl sites for hydroxylation is 1. The number of fused-ring (bicyclic) bond motifs is 1. The smallest absolute Gasteiger partial charge is 0.265 e. The van der Waals surface area contributed by atoms with Crippen molar-refractivity contribution in [2.75, 3.05) is 18.4 Å². The molecule has 0 radical (unpaired) electrons. The van der Waals surface area contributed by atoms with Crippen molar-refractivity contribution >= 4 is 21.6 Å². The molecule has 1 atom stereocenters. The minimum Gasteiger partial charge on any atom is -0.481 e. The molecular formula is C25H32N2O4S. The number of sulfonamides is 1. The fraction of sp³-hybridized carbons (Fsp3) is 0.480. The number of hydrogen-bond donors (Lipinski definition) is 1. The van der Waals surface area contributed by atoms with Crippen molar-refractivity contribution in [3.63, 3.8) is 0 Å². The highest BCUT2D eigenvalue weighted by Crippen LogP contribution is 2.30. The van der Waals surface area contributed by atoms with Gasteiger partial charge in [0.15, 0.2) is 6.10 Å². The van der Waals surface area contributed by atoms with Crippen LogP contribution in [0.25, 0.3) is 0 Å². The summed E-state index contributed by atoms with van der Waals surface area (Å²) >= 11 is 0. The first kappa shape index (κ1) is 22.8. The van der Waals surface area contributed by atoms with Crippen LogP contribution in [0.15, 0.2) is 47.4 Å². The number of nitrogens with one attached hydrogen (secondary N) is 1. The van der Waals surface area contributed by atoms with Crippen LogP contribution in [0.5, 0.6) is 5.75 Å². The maximum absolute atomic E-state index is 12.9. The number of nitrogens with zero attached hydrogens (tertiary/aromatic N) is 1. The first-order chi connectivity index (χ1) is 15.4. The maximum Gasteiger partial charge on any atom is 0.265 e. The maximum atomic E-state index is 12.9. The Morgan fingerprint density at radius 1 is 0.938 bits per heavy atom. The molecule has 7 heteroatoms. The first-order valence-electron chi connectivity index (χ1n) is 11.6. The highest BCUT2D eigenvalue weighted by atomic mass is 32.2. The number of carbonyl (C=O) groups excluding carboxylic acids is 1. The van der Waals surface area contributed by atoms with E-state index in [4.69, 9.17) is 4.74 Å². The van der Waals surface area contributed by atoms with E-state index >= 15 is 0 Å². The van der Waals surface area contributed by atoms with Crippen LogP contribution in [0.4, 0.5) is 5.69 Å². The van der Waals surface area contributed by atoms with Crippen LogP contribution in [-0.2, 0) is 27.7 Å². The minimum absolute atomic E-state index is 0.262. The molecule has 32 heavy (non-hydrogen) atoms. The largest absolute Gasteiger partial charge is 0.481 e. The molecule has 2 aliphatic rings. The molecule has 0 saturated carbocycles. The zero-order valence-corrected chi connectivity index (χ0v) is 19.5. The molecular weight excluding hydrogens is 424 g/mol. The molecule has 6 nitrogen and oxygen atoms in total. The van der Waals surface area contributed by atoms with Crippen molar-refractivity contribution in [2.24, 2.45) is 0 Å². The van der Waals surface area contributed by atoms with Crippen molar-refractivity contribution in [3.8, 4) is 5.75 Å². The summed E-state index contributed by atoms with van der Waals surface area (Å²) < 4.78 is 33.4. The summed E-state index contributed by atoms with van der Waals surface area (Å²) in [6.45, 7) is 2.87. The molecule has 1 heterocycles. The number of hydrogen-bond acceptors (Lipinski definition) is 4. The van der Waals surface area contributed by atoms with E-state index < -0.39 is 16.1 Å². The second-order valence-corrected chi connectivity index (χ2v) is 10.6. The van der Waals surface area contributed by atoms with Gasteiger partial charge in [0.05, 0.1) is 4.90 Å². The van der Waals surface area contributed by atoms with Gasteiger partial charge < -0.3 is 10.1 Å². The Hall–Kier alpha value is -2.38. The molecule has 0 spiro atoms. The van der Waals surface area contributed by atoms with Gasteiger partial charge in [-0.3, -0.25) is 4.79 Å². The van der Waals surface area contributed by atoms with E-state index in [0.29, 0.717) is 18.8 Å². The van der Waals surface area contributed by atoms with Crippen LogP contribution >= 0.6 is 0 Å². The third kappa shape index (κ3) is 5.15. The number of ether oxygens (including phenoxy) is 1. The zero-order valence-electron chi connectivity index (χ0n) is 18.7. The summed E-state index contributed by atoms with van der Waals surface area (Å²) in [6, 6.07) is 12.4. The third-order valence-electron chi connectivity index (χ3n) is 6.35. The third-order valence-corrected chi connectivity index (χ3v) is 8.26. The van der Waals surface area contributed by atoms with E-state index in [0.717, 1.165) is 50.7 Å². The fourth-order valence-electron chi connectivity index (χ4n) is 4.49. The Kier molecular flexibility index (Phi) is 7.16. The van der Waals surface area contributed by atoms with Gasteiger partial charge in [-0.05, 0) is 86.9 Å². The summed E-state index contributed by atoms with van der Waals surface area (Å²) in [5.74, 6) is 0.519. The quantitative estimate of drug-likeness (QED) is 0.693. The average Bonchev–Trinajstić information content (AvgIpc) is 3.10. The summed E-state index contributed by atoms with van der Waals surface area (Å²) in [5.41, 5.74) is 3.07. The lowest BCUT2D eigenvalue weighted by molar-refractivity contribution is -0.122. The molecule has 2 aromatic carbocycles. The molecule has 1 fully saturated rings. The Balaban J connectivity index is 1.39. The van der Waals surface area contributed by atoms with E-state index in [1.165, 1.54) is 17.5 Å². The van der Waals surface area contributed by atoms with Gasteiger partial charge in [0.25, 0.3) is 5.91 Å². The van der Waals surface area contributed by atoms with Crippen molar-refractivity contribution in [3.05, 3.63) is 53.6 Å². The molecule has 1 amide bonds. The summed E-state index contributed by atoms with van der Waals surface area (Å²) in [5, 5.41) is 2.84. The monoisotopic (exact) mass is 456 g/mol. The second-order valence-electron chi connectivity index (χ2n) is 8.69. The van der Waals surface area contributed by atoms with E-state index in [9.17, 15) is 13.2 Å². The average molecular weight is 457 g/mol. The van der Waals surface area contributed by atoms with E-state index in [1.54, 1.807) is 35.5 Å². The summed E-state index contributed by atoms with van der Waals surface area (Å²) in [6.07, 6.45) is 7.64. The van der Waals surface area contributed by atoms with E-state index in [2.05, 4.69) is 11.4 Å². The minimum atomic E-state index is -3.50. The number of anilines is 1.